The molecule has 1 atom stereocenters. The van der Waals surface area contributed by atoms with Crippen LogP contribution in [0.4, 0.5) is 8.78 Å². The predicted molar refractivity (Wildman–Crippen MR) is 39.5 cm³/mol. The Morgan fingerprint density at radius 2 is 1.90 bits per heavy atom. The van der Waals surface area contributed by atoms with Crippen molar-refractivity contribution in [2.75, 3.05) is 6.67 Å². The number of hydrogen-bond acceptors (Lipinski definition) is 0. The number of allylic oxidation sites excluding steroid dienone is 2. The van der Waals surface area contributed by atoms with Crippen LogP contribution in [0.2, 0.25) is 0 Å². The average molecular weight is 148 g/mol. The molecule has 0 aromatic rings. The SMILES string of the molecule is CCC(F)/C(C)=C(/C)CF. The van der Waals surface area contributed by atoms with Crippen LogP contribution in [0.5, 0.6) is 0 Å². The van der Waals surface area contributed by atoms with Crippen LogP contribution in [0.25, 0.3) is 0 Å². The van der Waals surface area contributed by atoms with Gasteiger partial charge in [-0.2, -0.15) is 0 Å². The molecule has 0 fully saturated rings. The van der Waals surface area contributed by atoms with E-state index in [2.05, 4.69) is 0 Å². The van der Waals surface area contributed by atoms with Gasteiger partial charge in [-0.25, -0.2) is 8.78 Å². The van der Waals surface area contributed by atoms with Crippen LogP contribution in [-0.2, 0) is 0 Å². The average Bonchev–Trinajstić information content (AvgIpc) is 2.00. The zero-order valence-corrected chi connectivity index (χ0v) is 6.75. The number of halogens is 2. The molecule has 0 bridgehead atoms. The lowest BCUT2D eigenvalue weighted by atomic mass is 10.1. The fourth-order valence-corrected chi connectivity index (χ4v) is 0.679. The van der Waals surface area contributed by atoms with E-state index in [1.165, 1.54) is 0 Å². The molecule has 0 radical (unpaired) electrons. The van der Waals surface area contributed by atoms with E-state index in [9.17, 15) is 8.78 Å². The Hall–Kier alpha value is -0.400. The Morgan fingerprint density at radius 1 is 1.40 bits per heavy atom. The lowest BCUT2D eigenvalue weighted by molar-refractivity contribution is 0.367. The van der Waals surface area contributed by atoms with E-state index >= 15 is 0 Å². The minimum Gasteiger partial charge on any atom is -0.246 e. The maximum atomic E-state index is 12.7. The molecule has 0 aliphatic heterocycles. The Kier molecular flexibility index (Phi) is 4.24. The maximum Gasteiger partial charge on any atom is 0.121 e. The van der Waals surface area contributed by atoms with Gasteiger partial charge in [0, 0.05) is 0 Å². The maximum absolute atomic E-state index is 12.7. The first kappa shape index (κ1) is 9.60. The van der Waals surface area contributed by atoms with Crippen LogP contribution >= 0.6 is 0 Å². The standard InChI is InChI=1S/C8H14F2/c1-4-8(10)7(3)6(2)5-9/h8H,4-5H2,1-3H3/b7-6-. The summed E-state index contributed by atoms with van der Waals surface area (Å²) in [5.74, 6) is 0. The third-order valence-corrected chi connectivity index (χ3v) is 1.70. The second-order valence-corrected chi connectivity index (χ2v) is 2.47. The molecular formula is C8H14F2. The molecule has 0 heterocycles. The molecule has 0 aliphatic carbocycles. The summed E-state index contributed by atoms with van der Waals surface area (Å²) in [5.41, 5.74) is 1.07. The van der Waals surface area contributed by atoms with Crippen LogP contribution in [-0.4, -0.2) is 12.8 Å². The topological polar surface area (TPSA) is 0 Å². The van der Waals surface area contributed by atoms with Crippen LogP contribution < -0.4 is 0 Å². The van der Waals surface area contributed by atoms with E-state index < -0.39 is 12.8 Å². The summed E-state index contributed by atoms with van der Waals surface area (Å²) in [6.07, 6.45) is -0.529. The molecule has 10 heavy (non-hydrogen) atoms. The van der Waals surface area contributed by atoms with Crippen molar-refractivity contribution in [1.29, 1.82) is 0 Å². The molecule has 0 aromatic heterocycles. The monoisotopic (exact) mass is 148 g/mol. The Bertz CT molecular complexity index is 127. The summed E-state index contributed by atoms with van der Waals surface area (Å²) in [5, 5.41) is 0. The van der Waals surface area contributed by atoms with Gasteiger partial charge >= 0.3 is 0 Å². The van der Waals surface area contributed by atoms with E-state index in [0.717, 1.165) is 0 Å². The van der Waals surface area contributed by atoms with Crippen molar-refractivity contribution < 1.29 is 8.78 Å². The fraction of sp³-hybridized carbons (Fsp3) is 0.750. The molecular weight excluding hydrogens is 134 g/mol. The molecule has 0 saturated carbocycles. The first-order valence-electron chi connectivity index (χ1n) is 3.49. The molecule has 0 spiro atoms. The van der Waals surface area contributed by atoms with E-state index in [-0.39, 0.29) is 0 Å². The van der Waals surface area contributed by atoms with Gasteiger partial charge in [0.05, 0.1) is 0 Å². The molecule has 1 unspecified atom stereocenters. The molecule has 0 N–H and O–H groups in total. The van der Waals surface area contributed by atoms with Gasteiger partial charge in [-0.3, -0.25) is 0 Å². The van der Waals surface area contributed by atoms with Crippen LogP contribution in [0.3, 0.4) is 0 Å². The second-order valence-electron chi connectivity index (χ2n) is 2.47. The molecule has 2 heteroatoms. The van der Waals surface area contributed by atoms with Crippen LogP contribution in [0.1, 0.15) is 27.2 Å². The normalized spacial score (nSPS) is 16.5. The number of hydrogen-bond donors (Lipinski definition) is 0. The van der Waals surface area contributed by atoms with E-state index in [4.69, 9.17) is 0 Å². The van der Waals surface area contributed by atoms with Gasteiger partial charge in [-0.1, -0.05) is 6.92 Å². The van der Waals surface area contributed by atoms with Gasteiger partial charge in [0.1, 0.15) is 12.8 Å². The van der Waals surface area contributed by atoms with Crippen LogP contribution in [0.15, 0.2) is 11.1 Å². The van der Waals surface area contributed by atoms with Crippen molar-refractivity contribution in [1.82, 2.24) is 0 Å². The highest BCUT2D eigenvalue weighted by atomic mass is 19.1. The zero-order chi connectivity index (χ0) is 8.15. The summed E-state index contributed by atoms with van der Waals surface area (Å²) in [6.45, 7) is 4.48. The lowest BCUT2D eigenvalue weighted by Gasteiger charge is -2.07. The largest absolute Gasteiger partial charge is 0.246 e. The van der Waals surface area contributed by atoms with E-state index in [1.807, 2.05) is 0 Å². The quantitative estimate of drug-likeness (QED) is 0.539. The molecule has 60 valence electrons. The highest BCUT2D eigenvalue weighted by Gasteiger charge is 2.07. The molecule has 0 nitrogen and oxygen atoms in total. The highest BCUT2D eigenvalue weighted by molar-refractivity contribution is 5.13. The number of rotatable bonds is 3. The minimum absolute atomic E-state index is 0.434. The van der Waals surface area contributed by atoms with Gasteiger partial charge in [0.2, 0.25) is 0 Å². The second kappa shape index (κ2) is 4.42. The predicted octanol–water partition coefficient (Wildman–Crippen LogP) is 3.04. The third-order valence-electron chi connectivity index (χ3n) is 1.70. The van der Waals surface area contributed by atoms with E-state index in [1.54, 1.807) is 20.8 Å². The number of alkyl halides is 2. The van der Waals surface area contributed by atoms with Crippen molar-refractivity contribution in [3.63, 3.8) is 0 Å². The molecule has 0 rings (SSSR count). The first-order chi connectivity index (χ1) is 4.63. The Morgan fingerprint density at radius 3 is 2.20 bits per heavy atom. The summed E-state index contributed by atoms with van der Waals surface area (Å²) >= 11 is 0. The minimum atomic E-state index is -0.962. The Labute approximate surface area is 60.9 Å². The van der Waals surface area contributed by atoms with Crippen molar-refractivity contribution in [3.05, 3.63) is 11.1 Å². The van der Waals surface area contributed by atoms with Gasteiger partial charge in [-0.05, 0) is 31.4 Å². The van der Waals surface area contributed by atoms with Gasteiger partial charge in [0.15, 0.2) is 0 Å². The summed E-state index contributed by atoms with van der Waals surface area (Å²) in [4.78, 5) is 0. The lowest BCUT2D eigenvalue weighted by Crippen LogP contribution is -2.02. The van der Waals surface area contributed by atoms with E-state index in [0.29, 0.717) is 17.6 Å². The fourth-order valence-electron chi connectivity index (χ4n) is 0.679. The summed E-state index contributed by atoms with van der Waals surface area (Å²) in [7, 11) is 0. The van der Waals surface area contributed by atoms with Crippen LogP contribution in [0, 0.1) is 0 Å². The van der Waals surface area contributed by atoms with Crippen molar-refractivity contribution in [2.45, 2.75) is 33.4 Å². The first-order valence-corrected chi connectivity index (χ1v) is 3.49. The molecule has 0 aromatic carbocycles. The van der Waals surface area contributed by atoms with Gasteiger partial charge < -0.3 is 0 Å². The zero-order valence-electron chi connectivity index (χ0n) is 6.75. The molecule has 0 aliphatic rings. The highest BCUT2D eigenvalue weighted by Crippen LogP contribution is 2.14. The van der Waals surface area contributed by atoms with Crippen molar-refractivity contribution in [3.8, 4) is 0 Å². The molecule has 0 saturated heterocycles. The van der Waals surface area contributed by atoms with Crippen molar-refractivity contribution >= 4 is 0 Å². The smallest absolute Gasteiger partial charge is 0.121 e. The van der Waals surface area contributed by atoms with Crippen molar-refractivity contribution in [2.24, 2.45) is 0 Å². The van der Waals surface area contributed by atoms with Gasteiger partial charge in [0.25, 0.3) is 0 Å². The van der Waals surface area contributed by atoms with Gasteiger partial charge in [-0.15, -0.1) is 0 Å². The third kappa shape index (κ3) is 2.46. The Balaban J connectivity index is 4.15. The summed E-state index contributed by atoms with van der Waals surface area (Å²) in [6, 6.07) is 0. The molecule has 0 amide bonds. The summed E-state index contributed by atoms with van der Waals surface area (Å²) < 4.78 is 24.6.